The number of benzene rings is 2. The van der Waals surface area contributed by atoms with Crippen LogP contribution >= 0.6 is 0 Å². The number of rotatable bonds is 4. The number of para-hydroxylation sites is 1. The molecule has 0 fully saturated rings. The Hall–Kier alpha value is -2.49. The van der Waals surface area contributed by atoms with Gasteiger partial charge in [0.05, 0.1) is 12.7 Å². The molecule has 4 heteroatoms. The van der Waals surface area contributed by atoms with E-state index < -0.39 is 5.91 Å². The first-order valence-corrected chi connectivity index (χ1v) is 5.50. The van der Waals surface area contributed by atoms with Gasteiger partial charge in [-0.15, -0.1) is 0 Å². The Bertz CT molecular complexity index is 553. The average molecular weight is 242 g/mol. The number of hydrogen-bond acceptors (Lipinski definition) is 3. The zero-order valence-corrected chi connectivity index (χ0v) is 10.0. The summed E-state index contributed by atoms with van der Waals surface area (Å²) in [5, 5.41) is 3.21. The Labute approximate surface area is 105 Å². The summed E-state index contributed by atoms with van der Waals surface area (Å²) in [6.45, 7) is 0. The highest BCUT2D eigenvalue weighted by molar-refractivity contribution is 5.96. The number of anilines is 2. The van der Waals surface area contributed by atoms with Crippen LogP contribution in [0.2, 0.25) is 0 Å². The molecule has 0 heterocycles. The quantitative estimate of drug-likeness (QED) is 0.865. The van der Waals surface area contributed by atoms with E-state index in [9.17, 15) is 4.79 Å². The molecule has 0 spiro atoms. The van der Waals surface area contributed by atoms with Gasteiger partial charge in [0, 0.05) is 17.4 Å². The lowest BCUT2D eigenvalue weighted by Crippen LogP contribution is -2.12. The van der Waals surface area contributed by atoms with Crippen LogP contribution in [0.5, 0.6) is 5.75 Å². The molecule has 0 atom stereocenters. The van der Waals surface area contributed by atoms with Crippen molar-refractivity contribution in [2.24, 2.45) is 5.73 Å². The monoisotopic (exact) mass is 242 g/mol. The number of primary amides is 1. The van der Waals surface area contributed by atoms with Crippen LogP contribution in [-0.2, 0) is 0 Å². The molecule has 0 aliphatic heterocycles. The zero-order chi connectivity index (χ0) is 13.0. The highest BCUT2D eigenvalue weighted by Gasteiger charge is 2.09. The molecule has 3 N–H and O–H groups in total. The van der Waals surface area contributed by atoms with Gasteiger partial charge in [0.25, 0.3) is 5.91 Å². The smallest absolute Gasteiger partial charge is 0.252 e. The molecule has 0 saturated heterocycles. The third-order valence-corrected chi connectivity index (χ3v) is 2.53. The van der Waals surface area contributed by atoms with E-state index in [1.165, 1.54) is 7.11 Å². The summed E-state index contributed by atoms with van der Waals surface area (Å²) < 4.78 is 5.14. The first-order chi connectivity index (χ1) is 8.70. The van der Waals surface area contributed by atoms with Crippen molar-refractivity contribution in [2.75, 3.05) is 12.4 Å². The average Bonchev–Trinajstić information content (AvgIpc) is 2.39. The van der Waals surface area contributed by atoms with Gasteiger partial charge in [0.1, 0.15) is 5.75 Å². The molecule has 2 aromatic carbocycles. The Balaban J connectivity index is 2.28. The maximum absolute atomic E-state index is 11.2. The number of nitrogens with two attached hydrogens (primary N) is 1. The van der Waals surface area contributed by atoms with E-state index in [0.717, 1.165) is 11.4 Å². The second-order valence-corrected chi connectivity index (χ2v) is 3.77. The molecule has 0 aliphatic carbocycles. The summed E-state index contributed by atoms with van der Waals surface area (Å²) in [5.41, 5.74) is 7.43. The molecule has 4 nitrogen and oxygen atoms in total. The van der Waals surface area contributed by atoms with Crippen molar-refractivity contribution in [3.05, 3.63) is 54.1 Å². The number of hydrogen-bond donors (Lipinski definition) is 2. The van der Waals surface area contributed by atoms with E-state index >= 15 is 0 Å². The van der Waals surface area contributed by atoms with Crippen molar-refractivity contribution in [1.82, 2.24) is 0 Å². The molecule has 0 aromatic heterocycles. The fraction of sp³-hybridized carbons (Fsp3) is 0.0714. The molecule has 92 valence electrons. The van der Waals surface area contributed by atoms with Crippen molar-refractivity contribution >= 4 is 17.3 Å². The normalized spacial score (nSPS) is 9.83. The number of carbonyl (C=O) groups is 1. The maximum atomic E-state index is 11.2. The van der Waals surface area contributed by atoms with Gasteiger partial charge in [-0.1, -0.05) is 18.2 Å². The van der Waals surface area contributed by atoms with Gasteiger partial charge in [-0.2, -0.15) is 0 Å². The van der Waals surface area contributed by atoms with Crippen LogP contribution in [-0.4, -0.2) is 13.0 Å². The van der Waals surface area contributed by atoms with Crippen molar-refractivity contribution < 1.29 is 9.53 Å². The molecule has 0 radical (unpaired) electrons. The van der Waals surface area contributed by atoms with E-state index in [4.69, 9.17) is 10.5 Å². The van der Waals surface area contributed by atoms with E-state index in [-0.39, 0.29) is 0 Å². The first-order valence-electron chi connectivity index (χ1n) is 5.50. The van der Waals surface area contributed by atoms with Gasteiger partial charge < -0.3 is 15.8 Å². The van der Waals surface area contributed by atoms with Gasteiger partial charge in [-0.25, -0.2) is 0 Å². The Morgan fingerprint density at radius 2 is 1.83 bits per heavy atom. The minimum atomic E-state index is -0.502. The van der Waals surface area contributed by atoms with Crippen LogP contribution in [0.3, 0.4) is 0 Å². The topological polar surface area (TPSA) is 64.3 Å². The summed E-state index contributed by atoms with van der Waals surface area (Å²) in [4.78, 5) is 11.2. The highest BCUT2D eigenvalue weighted by atomic mass is 16.5. The summed E-state index contributed by atoms with van der Waals surface area (Å²) in [7, 11) is 1.51. The third-order valence-electron chi connectivity index (χ3n) is 2.53. The minimum absolute atomic E-state index is 0.371. The van der Waals surface area contributed by atoms with E-state index in [1.54, 1.807) is 18.2 Å². The Morgan fingerprint density at radius 1 is 1.11 bits per heavy atom. The predicted molar refractivity (Wildman–Crippen MR) is 71.2 cm³/mol. The lowest BCUT2D eigenvalue weighted by atomic mass is 10.1. The van der Waals surface area contributed by atoms with E-state index in [1.807, 2.05) is 30.3 Å². The van der Waals surface area contributed by atoms with Crippen molar-refractivity contribution in [3.63, 3.8) is 0 Å². The Morgan fingerprint density at radius 3 is 2.44 bits per heavy atom. The highest BCUT2D eigenvalue weighted by Crippen LogP contribution is 2.25. The molecule has 0 unspecified atom stereocenters. The fourth-order valence-electron chi connectivity index (χ4n) is 1.66. The number of carbonyl (C=O) groups excluding carboxylic acids is 1. The maximum Gasteiger partial charge on any atom is 0.252 e. The number of methoxy groups -OCH3 is 1. The van der Waals surface area contributed by atoms with Crippen molar-refractivity contribution in [2.45, 2.75) is 0 Å². The van der Waals surface area contributed by atoms with Crippen LogP contribution < -0.4 is 15.8 Å². The van der Waals surface area contributed by atoms with Crippen LogP contribution in [0.4, 0.5) is 11.4 Å². The Kier molecular flexibility index (Phi) is 3.48. The molecular formula is C14H14N2O2. The molecule has 0 saturated carbocycles. The van der Waals surface area contributed by atoms with Crippen LogP contribution in [0, 0.1) is 0 Å². The number of nitrogens with one attached hydrogen (secondary N) is 1. The van der Waals surface area contributed by atoms with Crippen molar-refractivity contribution in [1.29, 1.82) is 0 Å². The lowest BCUT2D eigenvalue weighted by molar-refractivity contribution is 0.0997. The SMILES string of the molecule is COc1cc(Nc2ccccc2)ccc1C(N)=O. The molecule has 0 bridgehead atoms. The molecule has 1 amide bonds. The summed E-state index contributed by atoms with van der Waals surface area (Å²) in [5.74, 6) is -0.0402. The lowest BCUT2D eigenvalue weighted by Gasteiger charge is -2.10. The van der Waals surface area contributed by atoms with E-state index in [2.05, 4.69) is 5.32 Å². The van der Waals surface area contributed by atoms with Gasteiger partial charge in [-0.05, 0) is 24.3 Å². The summed E-state index contributed by atoms with van der Waals surface area (Å²) >= 11 is 0. The molecule has 0 aliphatic rings. The van der Waals surface area contributed by atoms with Crippen LogP contribution in [0.25, 0.3) is 0 Å². The van der Waals surface area contributed by atoms with E-state index in [0.29, 0.717) is 11.3 Å². The predicted octanol–water partition coefficient (Wildman–Crippen LogP) is 2.54. The summed E-state index contributed by atoms with van der Waals surface area (Å²) in [6, 6.07) is 14.9. The number of ether oxygens (including phenoxy) is 1. The minimum Gasteiger partial charge on any atom is -0.496 e. The number of amides is 1. The second-order valence-electron chi connectivity index (χ2n) is 3.77. The molecule has 2 aromatic rings. The summed E-state index contributed by atoms with van der Waals surface area (Å²) in [6.07, 6.45) is 0. The van der Waals surface area contributed by atoms with Gasteiger partial charge >= 0.3 is 0 Å². The van der Waals surface area contributed by atoms with Gasteiger partial charge in [0.15, 0.2) is 0 Å². The second kappa shape index (κ2) is 5.23. The van der Waals surface area contributed by atoms with Crippen LogP contribution in [0.15, 0.2) is 48.5 Å². The molecule has 2 rings (SSSR count). The largest absolute Gasteiger partial charge is 0.496 e. The van der Waals surface area contributed by atoms with Crippen molar-refractivity contribution in [3.8, 4) is 5.75 Å². The van der Waals surface area contributed by atoms with Gasteiger partial charge in [0.2, 0.25) is 0 Å². The van der Waals surface area contributed by atoms with Gasteiger partial charge in [-0.3, -0.25) is 4.79 Å². The van der Waals surface area contributed by atoms with Crippen LogP contribution in [0.1, 0.15) is 10.4 Å². The molecular weight excluding hydrogens is 228 g/mol. The third kappa shape index (κ3) is 2.60. The first kappa shape index (κ1) is 12.0. The fourth-order valence-corrected chi connectivity index (χ4v) is 1.66. The molecule has 18 heavy (non-hydrogen) atoms. The standard InChI is InChI=1S/C14H14N2O2/c1-18-13-9-11(7-8-12(13)14(15)17)16-10-5-3-2-4-6-10/h2-9,16H,1H3,(H2,15,17). The zero-order valence-electron chi connectivity index (χ0n) is 10.0.